The third kappa shape index (κ3) is 4.28. The van der Waals surface area contributed by atoms with E-state index in [1.807, 2.05) is 47.9 Å². The van der Waals surface area contributed by atoms with E-state index in [0.717, 1.165) is 61.2 Å². The second kappa shape index (κ2) is 10.3. The van der Waals surface area contributed by atoms with Gasteiger partial charge in [0.15, 0.2) is 4.80 Å². The van der Waals surface area contributed by atoms with Crippen molar-refractivity contribution >= 4 is 55.0 Å². The minimum atomic E-state index is -0.285. The molecule has 0 fully saturated rings. The van der Waals surface area contributed by atoms with Crippen LogP contribution in [0.1, 0.15) is 41.6 Å². The van der Waals surface area contributed by atoms with Gasteiger partial charge >= 0.3 is 0 Å². The van der Waals surface area contributed by atoms with Crippen LogP contribution in [-0.2, 0) is 6.42 Å². The summed E-state index contributed by atoms with van der Waals surface area (Å²) in [5.41, 5.74) is 6.36. The Hall–Kier alpha value is -2.94. The first-order chi connectivity index (χ1) is 18.5. The molecule has 0 unspecified atom stereocenters. The molecule has 1 aliphatic heterocycles. The number of ether oxygens (including phenoxy) is 2. The third-order valence-corrected chi connectivity index (χ3v) is 9.07. The number of aromatic nitrogens is 1. The first kappa shape index (κ1) is 25.3. The fraction of sp³-hybridized carbons (Fsp3) is 0.200. The maximum Gasteiger partial charge on any atom is 0.271 e. The molecule has 1 aromatic heterocycles. The monoisotopic (exact) mass is 650 g/mol. The van der Waals surface area contributed by atoms with Crippen molar-refractivity contribution in [1.29, 1.82) is 0 Å². The maximum absolute atomic E-state index is 14.0. The molecule has 5 nitrogen and oxygen atoms in total. The van der Waals surface area contributed by atoms with E-state index in [0.29, 0.717) is 15.9 Å². The van der Waals surface area contributed by atoms with Gasteiger partial charge in [0.2, 0.25) is 0 Å². The van der Waals surface area contributed by atoms with Gasteiger partial charge in [0.05, 0.1) is 38.9 Å². The van der Waals surface area contributed by atoms with E-state index < -0.39 is 0 Å². The summed E-state index contributed by atoms with van der Waals surface area (Å²) >= 11 is 8.63. The quantitative estimate of drug-likeness (QED) is 0.256. The molecule has 3 aromatic carbocycles. The Morgan fingerprint density at radius 1 is 1.08 bits per heavy atom. The van der Waals surface area contributed by atoms with Crippen LogP contribution in [0.15, 0.2) is 85.0 Å². The summed E-state index contributed by atoms with van der Waals surface area (Å²) in [4.78, 5) is 19.8. The SMILES string of the molecule is CCOc1c(Br)cc(/C=c2\sc3n(c2=O)[C@H](c2ccccc2OC)C2=C(N=3)c3ccccc3CC2)cc1Br. The molecule has 4 aromatic rings. The van der Waals surface area contributed by atoms with Crippen LogP contribution in [0.5, 0.6) is 11.5 Å². The van der Waals surface area contributed by atoms with Gasteiger partial charge < -0.3 is 9.47 Å². The number of rotatable bonds is 5. The molecule has 1 atom stereocenters. The van der Waals surface area contributed by atoms with Crippen molar-refractivity contribution in [3.05, 3.63) is 117 Å². The lowest BCUT2D eigenvalue weighted by Crippen LogP contribution is -2.39. The van der Waals surface area contributed by atoms with E-state index in [1.165, 1.54) is 16.9 Å². The van der Waals surface area contributed by atoms with Crippen LogP contribution in [0.3, 0.4) is 0 Å². The molecule has 2 heterocycles. The van der Waals surface area contributed by atoms with Gasteiger partial charge in [0.25, 0.3) is 5.56 Å². The molecule has 38 heavy (non-hydrogen) atoms. The van der Waals surface area contributed by atoms with E-state index in [-0.39, 0.29) is 11.6 Å². The number of allylic oxidation sites excluding steroid dienone is 1. The lowest BCUT2D eigenvalue weighted by atomic mass is 9.83. The van der Waals surface area contributed by atoms with Crippen molar-refractivity contribution in [1.82, 2.24) is 4.57 Å². The number of methoxy groups -OCH3 is 1. The molecular weight excluding hydrogens is 628 g/mol. The first-order valence-corrected chi connectivity index (χ1v) is 14.8. The molecule has 0 N–H and O–H groups in total. The van der Waals surface area contributed by atoms with Crippen molar-refractivity contribution < 1.29 is 9.47 Å². The first-order valence-electron chi connectivity index (χ1n) is 12.4. The molecule has 1 aliphatic carbocycles. The summed E-state index contributed by atoms with van der Waals surface area (Å²) in [6, 6.07) is 20.0. The lowest BCUT2D eigenvalue weighted by molar-refractivity contribution is 0.336. The number of aryl methyl sites for hydroxylation is 1. The summed E-state index contributed by atoms with van der Waals surface area (Å²) < 4.78 is 15.6. The number of thiazole rings is 1. The topological polar surface area (TPSA) is 52.8 Å². The van der Waals surface area contributed by atoms with E-state index in [4.69, 9.17) is 14.5 Å². The Balaban J connectivity index is 1.60. The number of benzene rings is 3. The Morgan fingerprint density at radius 3 is 2.58 bits per heavy atom. The zero-order valence-electron chi connectivity index (χ0n) is 20.8. The van der Waals surface area contributed by atoms with Crippen LogP contribution in [0.2, 0.25) is 0 Å². The Labute approximate surface area is 241 Å². The zero-order chi connectivity index (χ0) is 26.4. The molecule has 0 spiro atoms. The van der Waals surface area contributed by atoms with Gasteiger partial charge in [0.1, 0.15) is 11.5 Å². The highest BCUT2D eigenvalue weighted by atomic mass is 79.9. The van der Waals surface area contributed by atoms with Crippen molar-refractivity contribution in [2.45, 2.75) is 25.8 Å². The Bertz CT molecular complexity index is 1760. The zero-order valence-corrected chi connectivity index (χ0v) is 24.8. The molecule has 8 heteroatoms. The summed E-state index contributed by atoms with van der Waals surface area (Å²) in [5, 5.41) is 0. The molecule has 0 radical (unpaired) electrons. The minimum Gasteiger partial charge on any atom is -0.496 e. The summed E-state index contributed by atoms with van der Waals surface area (Å²) in [5.74, 6) is 1.51. The van der Waals surface area contributed by atoms with Crippen LogP contribution in [0.25, 0.3) is 11.8 Å². The van der Waals surface area contributed by atoms with Crippen LogP contribution < -0.4 is 24.4 Å². The fourth-order valence-corrected chi connectivity index (χ4v) is 7.74. The average Bonchev–Trinajstić information content (AvgIpc) is 3.23. The van der Waals surface area contributed by atoms with Crippen molar-refractivity contribution in [2.75, 3.05) is 13.7 Å². The van der Waals surface area contributed by atoms with Crippen LogP contribution >= 0.6 is 43.2 Å². The number of para-hydroxylation sites is 1. The number of hydrogen-bond acceptors (Lipinski definition) is 5. The van der Waals surface area contributed by atoms with E-state index in [1.54, 1.807) is 7.11 Å². The molecule has 192 valence electrons. The van der Waals surface area contributed by atoms with E-state index >= 15 is 0 Å². The Morgan fingerprint density at radius 2 is 1.82 bits per heavy atom. The van der Waals surface area contributed by atoms with Gasteiger partial charge in [-0.3, -0.25) is 9.36 Å². The average molecular weight is 652 g/mol. The molecule has 2 aliphatic rings. The third-order valence-electron chi connectivity index (χ3n) is 6.91. The molecule has 0 saturated heterocycles. The number of halogens is 2. The van der Waals surface area contributed by atoms with E-state index in [9.17, 15) is 4.79 Å². The van der Waals surface area contributed by atoms with E-state index in [2.05, 4.69) is 62.2 Å². The highest BCUT2D eigenvalue weighted by Gasteiger charge is 2.34. The largest absolute Gasteiger partial charge is 0.496 e. The number of fused-ring (bicyclic) bond motifs is 3. The minimum absolute atomic E-state index is 0.0591. The maximum atomic E-state index is 14.0. The van der Waals surface area contributed by atoms with Crippen LogP contribution in [0, 0.1) is 0 Å². The molecule has 6 rings (SSSR count). The van der Waals surface area contributed by atoms with Gasteiger partial charge in [-0.05, 0) is 92.6 Å². The van der Waals surface area contributed by atoms with Gasteiger partial charge in [-0.2, -0.15) is 0 Å². The van der Waals surface area contributed by atoms with Crippen molar-refractivity contribution in [3.63, 3.8) is 0 Å². The van der Waals surface area contributed by atoms with Gasteiger partial charge in [-0.1, -0.05) is 53.8 Å². The van der Waals surface area contributed by atoms with Gasteiger partial charge in [-0.15, -0.1) is 0 Å². The highest BCUT2D eigenvalue weighted by Crippen LogP contribution is 2.43. The number of hydrogen-bond donors (Lipinski definition) is 0. The molecule has 0 bridgehead atoms. The van der Waals surface area contributed by atoms with Crippen molar-refractivity contribution in [3.8, 4) is 11.5 Å². The van der Waals surface area contributed by atoms with Gasteiger partial charge in [-0.25, -0.2) is 4.99 Å². The predicted octanol–water partition coefficient (Wildman–Crippen LogP) is 6.25. The van der Waals surface area contributed by atoms with Crippen molar-refractivity contribution in [2.24, 2.45) is 4.99 Å². The molecule has 0 amide bonds. The number of nitrogens with zero attached hydrogens (tertiary/aromatic N) is 2. The fourth-order valence-electron chi connectivity index (χ4n) is 5.29. The second-order valence-corrected chi connectivity index (χ2v) is 11.8. The lowest BCUT2D eigenvalue weighted by Gasteiger charge is -2.31. The van der Waals surface area contributed by atoms with Crippen LogP contribution in [0.4, 0.5) is 0 Å². The summed E-state index contributed by atoms with van der Waals surface area (Å²) in [7, 11) is 1.68. The normalized spacial score (nSPS) is 16.4. The smallest absolute Gasteiger partial charge is 0.271 e. The van der Waals surface area contributed by atoms with Crippen LogP contribution in [-0.4, -0.2) is 18.3 Å². The predicted molar refractivity (Wildman–Crippen MR) is 159 cm³/mol. The molecule has 0 saturated carbocycles. The highest BCUT2D eigenvalue weighted by molar-refractivity contribution is 9.11. The Kier molecular flexibility index (Phi) is 6.88. The second-order valence-electron chi connectivity index (χ2n) is 9.10. The molecular formula is C30H24Br2N2O3S. The standard InChI is InChI=1S/C30H24Br2N2O3S/c1-3-37-28-22(31)14-17(15-23(28)32)16-25-29(35)34-27(20-10-6-7-11-24(20)36-2)21-13-12-18-8-4-5-9-19(18)26(21)33-30(34)38-25/h4-11,14-16,27H,3,12-13H2,1-2H3/b25-16-/t27-/m1/s1. The summed E-state index contributed by atoms with van der Waals surface area (Å²) in [6.07, 6.45) is 3.67. The summed E-state index contributed by atoms with van der Waals surface area (Å²) in [6.45, 7) is 2.51. The van der Waals surface area contributed by atoms with Gasteiger partial charge in [0, 0.05) is 11.1 Å².